The van der Waals surface area contributed by atoms with Crippen molar-refractivity contribution < 1.29 is 22.7 Å². The van der Waals surface area contributed by atoms with Crippen molar-refractivity contribution >= 4 is 27.5 Å². The van der Waals surface area contributed by atoms with Crippen LogP contribution in [0, 0.1) is 6.92 Å². The topological polar surface area (TPSA) is 96.0 Å². The van der Waals surface area contributed by atoms with E-state index in [1.807, 2.05) is 58.9 Å². The minimum absolute atomic E-state index is 0.0470. The third-order valence-electron chi connectivity index (χ3n) is 6.90. The Labute approximate surface area is 244 Å². The maximum Gasteiger partial charge on any atom is 0.264 e. The van der Waals surface area contributed by atoms with Crippen LogP contribution in [0.15, 0.2) is 83.8 Å². The molecule has 0 aliphatic rings. The Morgan fingerprint density at radius 1 is 0.878 bits per heavy atom. The van der Waals surface area contributed by atoms with Crippen LogP contribution in [-0.4, -0.2) is 50.4 Å². The highest BCUT2D eigenvalue weighted by Crippen LogP contribution is 2.33. The molecule has 2 atom stereocenters. The molecule has 0 unspecified atom stereocenters. The number of sulfonamides is 1. The zero-order chi connectivity index (χ0) is 30.0. The van der Waals surface area contributed by atoms with Crippen molar-refractivity contribution in [2.24, 2.45) is 0 Å². The van der Waals surface area contributed by atoms with Gasteiger partial charge in [0.15, 0.2) is 0 Å². The summed E-state index contributed by atoms with van der Waals surface area (Å²) in [5.74, 6) is -0.425. The minimum Gasteiger partial charge on any atom is -0.492 e. The normalized spacial score (nSPS) is 12.7. The molecular weight excluding hydrogens is 538 g/mol. The monoisotopic (exact) mass is 579 g/mol. The first-order chi connectivity index (χ1) is 19.6. The smallest absolute Gasteiger partial charge is 0.264 e. The van der Waals surface area contributed by atoms with Crippen molar-refractivity contribution in [2.75, 3.05) is 17.5 Å². The van der Waals surface area contributed by atoms with Crippen LogP contribution < -0.4 is 14.4 Å². The summed E-state index contributed by atoms with van der Waals surface area (Å²) < 4.78 is 34.9. The van der Waals surface area contributed by atoms with E-state index in [0.717, 1.165) is 21.9 Å². The number of carbonyl (C=O) groups excluding carboxylic acids is 2. The molecule has 2 amide bonds. The molecule has 0 fully saturated rings. The Balaban J connectivity index is 2.09. The van der Waals surface area contributed by atoms with Crippen LogP contribution in [0.3, 0.4) is 0 Å². The van der Waals surface area contributed by atoms with Crippen LogP contribution in [0.25, 0.3) is 0 Å². The maximum absolute atomic E-state index is 14.2. The zero-order valence-corrected chi connectivity index (χ0v) is 25.4. The summed E-state index contributed by atoms with van der Waals surface area (Å²) >= 11 is 0. The number of ether oxygens (including phenoxy) is 1. The van der Waals surface area contributed by atoms with E-state index in [-0.39, 0.29) is 29.1 Å². The van der Waals surface area contributed by atoms with Gasteiger partial charge in [-0.3, -0.25) is 13.9 Å². The molecule has 0 bridgehead atoms. The Morgan fingerprint density at radius 3 is 2.12 bits per heavy atom. The predicted molar refractivity (Wildman–Crippen MR) is 162 cm³/mol. The summed E-state index contributed by atoms with van der Waals surface area (Å²) in [7, 11) is -4.17. The molecular formula is C32H41N3O5S. The van der Waals surface area contributed by atoms with Crippen molar-refractivity contribution in [1.82, 2.24) is 10.2 Å². The van der Waals surface area contributed by atoms with Gasteiger partial charge in [0.2, 0.25) is 11.8 Å². The first kappa shape index (κ1) is 31.7. The molecule has 0 saturated carbocycles. The molecule has 0 aliphatic heterocycles. The van der Waals surface area contributed by atoms with Crippen LogP contribution in [0.5, 0.6) is 5.75 Å². The first-order valence-electron chi connectivity index (χ1n) is 14.1. The molecule has 41 heavy (non-hydrogen) atoms. The van der Waals surface area contributed by atoms with E-state index in [9.17, 15) is 18.0 Å². The van der Waals surface area contributed by atoms with Gasteiger partial charge in [-0.05, 0) is 63.4 Å². The van der Waals surface area contributed by atoms with Crippen molar-refractivity contribution in [2.45, 2.75) is 71.0 Å². The highest BCUT2D eigenvalue weighted by molar-refractivity contribution is 7.92. The highest BCUT2D eigenvalue weighted by Gasteiger charge is 2.34. The molecule has 3 aromatic carbocycles. The number of aryl methyl sites for hydroxylation is 1. The van der Waals surface area contributed by atoms with Gasteiger partial charge in [0.05, 0.1) is 17.2 Å². The van der Waals surface area contributed by atoms with E-state index in [1.165, 1.54) is 17.0 Å². The Kier molecular flexibility index (Phi) is 11.3. The fourth-order valence-corrected chi connectivity index (χ4v) is 5.87. The second-order valence-corrected chi connectivity index (χ2v) is 11.8. The highest BCUT2D eigenvalue weighted by atomic mass is 32.2. The van der Waals surface area contributed by atoms with Crippen molar-refractivity contribution in [1.29, 1.82) is 0 Å². The number of rotatable bonds is 14. The second kappa shape index (κ2) is 14.7. The van der Waals surface area contributed by atoms with Gasteiger partial charge in [-0.25, -0.2) is 8.42 Å². The van der Waals surface area contributed by atoms with Crippen LogP contribution in [0.4, 0.5) is 5.69 Å². The van der Waals surface area contributed by atoms with Crippen LogP contribution in [0.1, 0.15) is 51.7 Å². The molecule has 0 saturated heterocycles. The third kappa shape index (κ3) is 8.10. The molecule has 3 rings (SSSR count). The second-order valence-electron chi connectivity index (χ2n) is 9.97. The summed E-state index contributed by atoms with van der Waals surface area (Å²) in [6.45, 7) is 9.47. The van der Waals surface area contributed by atoms with E-state index in [1.54, 1.807) is 42.5 Å². The van der Waals surface area contributed by atoms with E-state index in [0.29, 0.717) is 18.8 Å². The molecule has 9 heteroatoms. The SMILES string of the molecule is CCOc1ccccc1N(CC(=O)N(Cc1ccc(C)cc1)[C@@H](CC)C(=O)N[C@@H](C)CC)S(=O)(=O)c1ccccc1. The summed E-state index contributed by atoms with van der Waals surface area (Å²) in [6, 6.07) is 21.6. The Hall–Kier alpha value is -3.85. The number of hydrogen-bond acceptors (Lipinski definition) is 5. The molecule has 3 aromatic rings. The Morgan fingerprint density at radius 2 is 1.51 bits per heavy atom. The van der Waals surface area contributed by atoms with Crippen LogP contribution in [0.2, 0.25) is 0 Å². The summed E-state index contributed by atoms with van der Waals surface area (Å²) in [4.78, 5) is 29.1. The zero-order valence-electron chi connectivity index (χ0n) is 24.5. The standard InChI is InChI=1S/C32H41N3O5S/c1-6-25(5)33-32(37)28(7-2)34(22-26-20-18-24(4)19-21-26)31(36)23-35(29-16-12-13-17-30(29)40-8-3)41(38,39)27-14-10-9-11-15-27/h9-21,25,28H,6-8,22-23H2,1-5H3,(H,33,37)/t25-,28-/m0/s1. The van der Waals surface area contributed by atoms with Gasteiger partial charge in [0.1, 0.15) is 18.3 Å². The quantitative estimate of drug-likeness (QED) is 0.279. The molecule has 0 radical (unpaired) electrons. The molecule has 0 heterocycles. The van der Waals surface area contributed by atoms with Crippen LogP contribution >= 0.6 is 0 Å². The fraction of sp³-hybridized carbons (Fsp3) is 0.375. The number of anilines is 1. The number of amides is 2. The first-order valence-corrected chi connectivity index (χ1v) is 15.5. The largest absolute Gasteiger partial charge is 0.492 e. The van der Waals surface area contributed by atoms with E-state index in [2.05, 4.69) is 5.32 Å². The third-order valence-corrected chi connectivity index (χ3v) is 8.68. The maximum atomic E-state index is 14.2. The lowest BCUT2D eigenvalue weighted by atomic mass is 10.1. The molecule has 220 valence electrons. The lowest BCUT2D eigenvalue weighted by molar-refractivity contribution is -0.140. The molecule has 0 aliphatic carbocycles. The molecule has 0 spiro atoms. The number of carbonyl (C=O) groups is 2. The molecule has 8 nitrogen and oxygen atoms in total. The van der Waals surface area contributed by atoms with Crippen molar-refractivity contribution in [3.8, 4) is 5.75 Å². The van der Waals surface area contributed by atoms with Crippen molar-refractivity contribution in [3.63, 3.8) is 0 Å². The Bertz CT molecular complexity index is 1390. The summed E-state index contributed by atoms with van der Waals surface area (Å²) in [6.07, 6.45) is 1.10. The van der Waals surface area contributed by atoms with Gasteiger partial charge >= 0.3 is 0 Å². The van der Waals surface area contributed by atoms with Gasteiger partial charge < -0.3 is 15.0 Å². The van der Waals surface area contributed by atoms with Gasteiger partial charge in [0, 0.05) is 12.6 Å². The number of para-hydroxylation sites is 2. The van der Waals surface area contributed by atoms with E-state index >= 15 is 0 Å². The molecule has 0 aromatic heterocycles. The van der Waals surface area contributed by atoms with Crippen molar-refractivity contribution in [3.05, 3.63) is 90.0 Å². The number of nitrogens with one attached hydrogen (secondary N) is 1. The number of hydrogen-bond donors (Lipinski definition) is 1. The summed E-state index contributed by atoms with van der Waals surface area (Å²) in [5, 5.41) is 2.99. The van der Waals surface area contributed by atoms with E-state index < -0.39 is 28.5 Å². The van der Waals surface area contributed by atoms with Gasteiger partial charge in [-0.2, -0.15) is 0 Å². The average molecular weight is 580 g/mol. The minimum atomic E-state index is -4.17. The van der Waals surface area contributed by atoms with Gasteiger partial charge in [0.25, 0.3) is 10.0 Å². The fourth-order valence-electron chi connectivity index (χ4n) is 4.42. The van der Waals surface area contributed by atoms with Crippen LogP contribution in [-0.2, 0) is 26.2 Å². The molecule has 1 N–H and O–H groups in total. The lowest BCUT2D eigenvalue weighted by Crippen LogP contribution is -2.53. The predicted octanol–water partition coefficient (Wildman–Crippen LogP) is 5.31. The lowest BCUT2D eigenvalue weighted by Gasteiger charge is -2.34. The van der Waals surface area contributed by atoms with Gasteiger partial charge in [-0.1, -0.05) is 74.0 Å². The van der Waals surface area contributed by atoms with E-state index in [4.69, 9.17) is 4.74 Å². The van der Waals surface area contributed by atoms with Gasteiger partial charge in [-0.15, -0.1) is 0 Å². The number of nitrogens with zero attached hydrogens (tertiary/aromatic N) is 2. The number of benzene rings is 3. The summed E-state index contributed by atoms with van der Waals surface area (Å²) in [5.41, 5.74) is 2.16. The average Bonchev–Trinajstić information content (AvgIpc) is 2.97.